The lowest BCUT2D eigenvalue weighted by Gasteiger charge is -2.28. The van der Waals surface area contributed by atoms with Gasteiger partial charge in [0.15, 0.2) is 0 Å². The third-order valence-corrected chi connectivity index (χ3v) is 3.65. The highest BCUT2D eigenvalue weighted by molar-refractivity contribution is 5.33. The van der Waals surface area contributed by atoms with E-state index in [0.29, 0.717) is 17.9 Å². The molecule has 0 heterocycles. The zero-order chi connectivity index (χ0) is 12.3. The summed E-state index contributed by atoms with van der Waals surface area (Å²) >= 11 is 0. The van der Waals surface area contributed by atoms with Gasteiger partial charge in [0.05, 0.1) is 0 Å². The van der Waals surface area contributed by atoms with Crippen molar-refractivity contribution in [1.82, 2.24) is 5.32 Å². The summed E-state index contributed by atoms with van der Waals surface area (Å²) in [6, 6.07) is 7.21. The Hall–Kier alpha value is -0.820. The van der Waals surface area contributed by atoms with Crippen LogP contribution in [0.15, 0.2) is 18.2 Å². The number of hydrogen-bond donors (Lipinski definition) is 1. The van der Waals surface area contributed by atoms with Crippen LogP contribution in [0.3, 0.4) is 0 Å². The maximum Gasteiger partial charge on any atom is 0.0348 e. The van der Waals surface area contributed by atoms with Crippen LogP contribution >= 0.6 is 0 Å². The van der Waals surface area contributed by atoms with Crippen molar-refractivity contribution in [3.05, 3.63) is 34.9 Å². The molecule has 0 amide bonds. The maximum absolute atomic E-state index is 3.46. The van der Waals surface area contributed by atoms with Gasteiger partial charge in [0.25, 0.3) is 0 Å². The van der Waals surface area contributed by atoms with E-state index in [4.69, 9.17) is 0 Å². The number of rotatable bonds is 4. The molecular formula is C15H25N. The lowest BCUT2D eigenvalue weighted by molar-refractivity contribution is 0.316. The topological polar surface area (TPSA) is 12.0 Å². The molecule has 0 aliphatic rings. The summed E-state index contributed by atoms with van der Waals surface area (Å²) in [6.07, 6.45) is 0. The normalized spacial score (nSPS) is 15.2. The molecule has 1 aromatic rings. The fourth-order valence-corrected chi connectivity index (χ4v) is 2.26. The lowest BCUT2D eigenvalue weighted by atomic mass is 9.84. The highest BCUT2D eigenvalue weighted by atomic mass is 14.9. The van der Waals surface area contributed by atoms with Gasteiger partial charge >= 0.3 is 0 Å². The zero-order valence-corrected chi connectivity index (χ0v) is 11.5. The van der Waals surface area contributed by atoms with Crippen LogP contribution in [0.5, 0.6) is 0 Å². The minimum atomic E-state index is 0.459. The van der Waals surface area contributed by atoms with Gasteiger partial charge in [-0.1, -0.05) is 44.5 Å². The van der Waals surface area contributed by atoms with E-state index in [1.807, 2.05) is 0 Å². The Kier molecular flexibility index (Phi) is 4.55. The largest absolute Gasteiger partial charge is 0.313 e. The van der Waals surface area contributed by atoms with E-state index >= 15 is 0 Å². The van der Waals surface area contributed by atoms with Gasteiger partial charge in [0, 0.05) is 6.04 Å². The van der Waals surface area contributed by atoms with Crippen LogP contribution in [0, 0.1) is 25.7 Å². The molecule has 1 aromatic carbocycles. The van der Waals surface area contributed by atoms with E-state index in [1.165, 1.54) is 16.7 Å². The summed E-state index contributed by atoms with van der Waals surface area (Å²) in [7, 11) is 2.06. The van der Waals surface area contributed by atoms with Crippen LogP contribution in [-0.2, 0) is 0 Å². The quantitative estimate of drug-likeness (QED) is 0.811. The first-order chi connectivity index (χ1) is 7.47. The van der Waals surface area contributed by atoms with Crippen LogP contribution in [0.25, 0.3) is 0 Å². The lowest BCUT2D eigenvalue weighted by Crippen LogP contribution is -2.27. The van der Waals surface area contributed by atoms with Crippen LogP contribution in [-0.4, -0.2) is 7.05 Å². The van der Waals surface area contributed by atoms with Gasteiger partial charge < -0.3 is 5.32 Å². The first kappa shape index (κ1) is 13.2. The maximum atomic E-state index is 3.46. The average Bonchev–Trinajstić information content (AvgIpc) is 2.21. The van der Waals surface area contributed by atoms with E-state index in [9.17, 15) is 0 Å². The highest BCUT2D eigenvalue weighted by Gasteiger charge is 2.21. The molecule has 0 fully saturated rings. The fraction of sp³-hybridized carbons (Fsp3) is 0.600. The van der Waals surface area contributed by atoms with Gasteiger partial charge in [-0.25, -0.2) is 0 Å². The second kappa shape index (κ2) is 5.49. The number of benzene rings is 1. The molecule has 0 spiro atoms. The summed E-state index contributed by atoms with van der Waals surface area (Å²) in [6.45, 7) is 11.3. The van der Waals surface area contributed by atoms with Crippen LogP contribution in [0.1, 0.15) is 43.5 Å². The number of hydrogen-bond acceptors (Lipinski definition) is 1. The molecule has 2 atom stereocenters. The standard InChI is InChI=1S/C15H25N/c1-10(2)13(5)15(16-6)14-8-7-11(3)9-12(14)4/h7-10,13,15-16H,1-6H3. The van der Waals surface area contributed by atoms with Gasteiger partial charge in [-0.05, 0) is 43.9 Å². The number of nitrogens with one attached hydrogen (secondary N) is 1. The van der Waals surface area contributed by atoms with Crippen molar-refractivity contribution in [2.75, 3.05) is 7.05 Å². The van der Waals surface area contributed by atoms with Crippen molar-refractivity contribution < 1.29 is 0 Å². The van der Waals surface area contributed by atoms with Crippen LogP contribution in [0.4, 0.5) is 0 Å². The van der Waals surface area contributed by atoms with Crippen molar-refractivity contribution in [2.45, 2.75) is 40.7 Å². The fourth-order valence-electron chi connectivity index (χ4n) is 2.26. The molecule has 16 heavy (non-hydrogen) atoms. The Morgan fingerprint density at radius 2 is 1.69 bits per heavy atom. The minimum absolute atomic E-state index is 0.459. The second-order valence-corrected chi connectivity index (χ2v) is 5.23. The monoisotopic (exact) mass is 219 g/mol. The van der Waals surface area contributed by atoms with E-state index in [1.54, 1.807) is 0 Å². The molecule has 1 heteroatoms. The Morgan fingerprint density at radius 1 is 1.06 bits per heavy atom. The third-order valence-electron chi connectivity index (χ3n) is 3.65. The van der Waals surface area contributed by atoms with Gasteiger partial charge in [0.1, 0.15) is 0 Å². The van der Waals surface area contributed by atoms with Crippen LogP contribution in [0.2, 0.25) is 0 Å². The van der Waals surface area contributed by atoms with Gasteiger partial charge in [0.2, 0.25) is 0 Å². The Bertz CT molecular complexity index is 341. The number of aryl methyl sites for hydroxylation is 2. The van der Waals surface area contributed by atoms with Crippen molar-refractivity contribution in [3.8, 4) is 0 Å². The minimum Gasteiger partial charge on any atom is -0.313 e. The Balaban J connectivity index is 3.04. The molecule has 2 unspecified atom stereocenters. The van der Waals surface area contributed by atoms with Gasteiger partial charge in [-0.3, -0.25) is 0 Å². The van der Waals surface area contributed by atoms with E-state index < -0.39 is 0 Å². The van der Waals surface area contributed by atoms with E-state index in [-0.39, 0.29) is 0 Å². The molecule has 0 saturated carbocycles. The summed E-state index contributed by atoms with van der Waals surface area (Å²) in [5, 5.41) is 3.46. The predicted octanol–water partition coefficient (Wildman–Crippen LogP) is 3.86. The van der Waals surface area contributed by atoms with Crippen molar-refractivity contribution in [2.24, 2.45) is 11.8 Å². The van der Waals surface area contributed by atoms with Crippen molar-refractivity contribution in [1.29, 1.82) is 0 Å². The summed E-state index contributed by atoms with van der Waals surface area (Å²) in [4.78, 5) is 0. The molecule has 0 aromatic heterocycles. The van der Waals surface area contributed by atoms with Gasteiger partial charge in [-0.2, -0.15) is 0 Å². The molecular weight excluding hydrogens is 194 g/mol. The van der Waals surface area contributed by atoms with Crippen molar-refractivity contribution >= 4 is 0 Å². The Morgan fingerprint density at radius 3 is 2.12 bits per heavy atom. The van der Waals surface area contributed by atoms with E-state index in [0.717, 1.165) is 0 Å². The second-order valence-electron chi connectivity index (χ2n) is 5.23. The molecule has 0 bridgehead atoms. The molecule has 90 valence electrons. The summed E-state index contributed by atoms with van der Waals surface area (Å²) in [5.74, 6) is 1.34. The zero-order valence-electron chi connectivity index (χ0n) is 11.5. The van der Waals surface area contributed by atoms with Crippen molar-refractivity contribution in [3.63, 3.8) is 0 Å². The third kappa shape index (κ3) is 2.85. The first-order valence-electron chi connectivity index (χ1n) is 6.21. The van der Waals surface area contributed by atoms with Gasteiger partial charge in [-0.15, -0.1) is 0 Å². The first-order valence-corrected chi connectivity index (χ1v) is 6.21. The summed E-state index contributed by atoms with van der Waals surface area (Å²) in [5.41, 5.74) is 4.18. The predicted molar refractivity (Wildman–Crippen MR) is 71.7 cm³/mol. The van der Waals surface area contributed by atoms with Crippen LogP contribution < -0.4 is 5.32 Å². The summed E-state index contributed by atoms with van der Waals surface area (Å²) < 4.78 is 0. The molecule has 0 aliphatic carbocycles. The molecule has 1 nitrogen and oxygen atoms in total. The molecule has 1 N–H and O–H groups in total. The average molecular weight is 219 g/mol. The molecule has 1 rings (SSSR count). The van der Waals surface area contributed by atoms with E-state index in [2.05, 4.69) is 65.2 Å². The SMILES string of the molecule is CNC(c1ccc(C)cc1C)C(C)C(C)C. The molecule has 0 saturated heterocycles. The molecule has 0 radical (unpaired) electrons. The highest BCUT2D eigenvalue weighted by Crippen LogP contribution is 2.29. The Labute approximate surface area is 100 Å². The molecule has 0 aliphatic heterocycles. The smallest absolute Gasteiger partial charge is 0.0348 e.